The van der Waals surface area contributed by atoms with Crippen molar-refractivity contribution in [2.45, 2.75) is 0 Å². The van der Waals surface area contributed by atoms with E-state index in [1.807, 2.05) is 24.3 Å². The molecule has 1 nitrogen and oxygen atoms in total. The molecule has 1 aromatic rings. The van der Waals surface area contributed by atoms with Crippen LogP contribution in [0.1, 0.15) is 5.56 Å². The van der Waals surface area contributed by atoms with Crippen molar-refractivity contribution in [1.82, 2.24) is 0 Å². The summed E-state index contributed by atoms with van der Waals surface area (Å²) >= 11 is 5.09. The van der Waals surface area contributed by atoms with Crippen molar-refractivity contribution in [2.24, 2.45) is 0 Å². The third-order valence-corrected chi connectivity index (χ3v) is 1.39. The molecule has 0 heterocycles. The van der Waals surface area contributed by atoms with E-state index in [2.05, 4.69) is 16.8 Å². The zero-order valence-corrected chi connectivity index (χ0v) is 6.96. The van der Waals surface area contributed by atoms with Crippen molar-refractivity contribution in [2.75, 3.05) is 7.11 Å². The molecule has 0 spiro atoms. The van der Waals surface area contributed by atoms with Gasteiger partial charge in [-0.1, -0.05) is 0 Å². The van der Waals surface area contributed by atoms with Crippen LogP contribution in [0.2, 0.25) is 0 Å². The SMILES string of the molecule is COC#Cc1ccc[c]([Cu])c1. The van der Waals surface area contributed by atoms with Gasteiger partial charge in [0.05, 0.1) is 0 Å². The summed E-state index contributed by atoms with van der Waals surface area (Å²) in [5.74, 6) is 2.79. The van der Waals surface area contributed by atoms with Crippen LogP contribution in [0.15, 0.2) is 24.3 Å². The van der Waals surface area contributed by atoms with Gasteiger partial charge >= 0.3 is 74.2 Å². The van der Waals surface area contributed by atoms with E-state index >= 15 is 0 Å². The predicted molar refractivity (Wildman–Crippen MR) is 40.0 cm³/mol. The van der Waals surface area contributed by atoms with E-state index in [4.69, 9.17) is 16.0 Å². The summed E-state index contributed by atoms with van der Waals surface area (Å²) in [4.78, 5) is 0. The molecule has 0 aliphatic heterocycles. The molecule has 11 heavy (non-hydrogen) atoms. The molecular weight excluding hydrogens is 188 g/mol. The van der Waals surface area contributed by atoms with Crippen LogP contribution in [0.25, 0.3) is 0 Å². The Hall–Kier alpha value is -0.901. The first-order valence-electron chi connectivity index (χ1n) is 3.08. The fraction of sp³-hybridized carbons (Fsp3) is 0.111. The number of rotatable bonds is 0. The fourth-order valence-corrected chi connectivity index (χ4v) is 0.894. The predicted octanol–water partition coefficient (Wildman–Crippen LogP) is 0.814. The second-order valence-corrected chi connectivity index (χ2v) is 2.44. The molecule has 0 aromatic heterocycles. The van der Waals surface area contributed by atoms with E-state index < -0.39 is 0 Å². The van der Waals surface area contributed by atoms with Crippen LogP contribution in [0.3, 0.4) is 0 Å². The quantitative estimate of drug-likeness (QED) is 0.439. The second kappa shape index (κ2) is 4.08. The molecule has 60 valence electrons. The standard InChI is InChI=1S/C9H7O.Cu/c1-10-8-7-9-5-3-2-4-6-9;/h2-3,5-6H,1H3;. The summed E-state index contributed by atoms with van der Waals surface area (Å²) in [6.07, 6.45) is 2.49. The first-order chi connectivity index (χ1) is 5.33. The monoisotopic (exact) mass is 194 g/mol. The number of ether oxygens (including phenoxy) is 1. The summed E-state index contributed by atoms with van der Waals surface area (Å²) in [6.45, 7) is 0. The Morgan fingerprint density at radius 1 is 1.45 bits per heavy atom. The number of hydrogen-bond acceptors (Lipinski definition) is 1. The summed E-state index contributed by atoms with van der Waals surface area (Å²) in [5.41, 5.74) is 0.883. The minimum absolute atomic E-state index is 0.778. The molecule has 0 saturated heterocycles. The molecule has 0 N–H and O–H groups in total. The average Bonchev–Trinajstić information content (AvgIpc) is 2.01. The van der Waals surface area contributed by atoms with E-state index in [-0.39, 0.29) is 0 Å². The molecule has 0 atom stereocenters. The van der Waals surface area contributed by atoms with Crippen LogP contribution in [-0.2, 0) is 20.7 Å². The van der Waals surface area contributed by atoms with E-state index in [0.29, 0.717) is 0 Å². The topological polar surface area (TPSA) is 9.23 Å². The Morgan fingerprint density at radius 3 is 2.91 bits per heavy atom. The van der Waals surface area contributed by atoms with Gasteiger partial charge in [0.25, 0.3) is 0 Å². The molecule has 0 radical (unpaired) electrons. The summed E-state index contributed by atoms with van der Waals surface area (Å²) in [6, 6.07) is 7.43. The van der Waals surface area contributed by atoms with Crippen LogP contribution in [-0.4, -0.2) is 7.11 Å². The Morgan fingerprint density at radius 2 is 2.27 bits per heavy atom. The average molecular weight is 195 g/mol. The molecule has 1 rings (SSSR count). The molecule has 0 saturated carbocycles. The minimum atomic E-state index is 0.778. The van der Waals surface area contributed by atoms with Crippen molar-refractivity contribution in [3.8, 4) is 12.0 Å². The van der Waals surface area contributed by atoms with Gasteiger partial charge < -0.3 is 0 Å². The zero-order chi connectivity index (χ0) is 8.10. The molecule has 0 fully saturated rings. The van der Waals surface area contributed by atoms with E-state index in [0.717, 1.165) is 10.0 Å². The van der Waals surface area contributed by atoms with Gasteiger partial charge in [-0.3, -0.25) is 0 Å². The first-order valence-corrected chi connectivity index (χ1v) is 3.56. The molecule has 0 aliphatic rings. The molecular formula is C9H7CuO. The Balaban J connectivity index is 2.87. The van der Waals surface area contributed by atoms with Crippen molar-refractivity contribution >= 4 is 4.46 Å². The zero-order valence-electron chi connectivity index (χ0n) is 6.02. The molecule has 0 aliphatic carbocycles. The number of benzene rings is 1. The molecule has 1 aromatic carbocycles. The van der Waals surface area contributed by atoms with Crippen LogP contribution < -0.4 is 4.46 Å². The summed E-state index contributed by atoms with van der Waals surface area (Å²) in [5, 5.41) is 0. The van der Waals surface area contributed by atoms with Crippen molar-refractivity contribution < 1.29 is 20.7 Å². The molecule has 2 heteroatoms. The van der Waals surface area contributed by atoms with Gasteiger partial charge in [0.1, 0.15) is 0 Å². The summed E-state index contributed by atoms with van der Waals surface area (Å²) in [7, 11) is 1.53. The van der Waals surface area contributed by atoms with Gasteiger partial charge in [0, 0.05) is 0 Å². The molecule has 0 bridgehead atoms. The van der Waals surface area contributed by atoms with Crippen molar-refractivity contribution in [3.63, 3.8) is 0 Å². The van der Waals surface area contributed by atoms with E-state index in [9.17, 15) is 0 Å². The van der Waals surface area contributed by atoms with Gasteiger partial charge in [-0.05, 0) is 0 Å². The van der Waals surface area contributed by atoms with Gasteiger partial charge in [0.15, 0.2) is 0 Å². The normalized spacial score (nSPS) is 8.27. The van der Waals surface area contributed by atoms with Crippen molar-refractivity contribution in [3.05, 3.63) is 29.8 Å². The molecule has 0 amide bonds. The second-order valence-electron chi connectivity index (χ2n) is 1.90. The van der Waals surface area contributed by atoms with E-state index in [1.54, 1.807) is 0 Å². The Bertz CT molecular complexity index is 296. The maximum atomic E-state index is 5.09. The maximum absolute atomic E-state index is 5.09. The summed E-state index contributed by atoms with van der Waals surface area (Å²) < 4.78 is 5.37. The third kappa shape index (κ3) is 2.67. The fourth-order valence-electron chi connectivity index (χ4n) is 0.657. The first kappa shape index (κ1) is 8.20. The van der Waals surface area contributed by atoms with E-state index in [1.165, 1.54) is 7.11 Å². The molecule has 0 unspecified atom stereocenters. The van der Waals surface area contributed by atoms with Crippen LogP contribution in [0, 0.1) is 12.0 Å². The van der Waals surface area contributed by atoms with Gasteiger partial charge in [0.2, 0.25) is 0 Å². The third-order valence-electron chi connectivity index (χ3n) is 1.10. The number of methoxy groups -OCH3 is 1. The van der Waals surface area contributed by atoms with Crippen LogP contribution >= 0.6 is 0 Å². The van der Waals surface area contributed by atoms with Crippen LogP contribution in [0.4, 0.5) is 0 Å². The number of hydrogen-bond donors (Lipinski definition) is 0. The van der Waals surface area contributed by atoms with Crippen molar-refractivity contribution in [1.29, 1.82) is 0 Å². The Labute approximate surface area is 74.6 Å². The van der Waals surface area contributed by atoms with Crippen LogP contribution in [0.5, 0.6) is 0 Å². The Kier molecular flexibility index (Phi) is 3.04. The van der Waals surface area contributed by atoms with Gasteiger partial charge in [-0.15, -0.1) is 0 Å². The van der Waals surface area contributed by atoms with Gasteiger partial charge in [-0.25, -0.2) is 0 Å². The van der Waals surface area contributed by atoms with Gasteiger partial charge in [-0.2, -0.15) is 0 Å².